The van der Waals surface area contributed by atoms with Crippen LogP contribution in [0.25, 0.3) is 21.6 Å². The van der Waals surface area contributed by atoms with E-state index in [1.54, 1.807) is 32.2 Å². The first-order valence-electron chi connectivity index (χ1n) is 15.7. The second kappa shape index (κ2) is 14.7. The van der Waals surface area contributed by atoms with Crippen molar-refractivity contribution in [1.82, 2.24) is 19.5 Å². The van der Waals surface area contributed by atoms with Crippen molar-refractivity contribution < 1.29 is 23.7 Å². The average molecular weight is 651 g/mol. The number of benzene rings is 3. The van der Waals surface area contributed by atoms with Gasteiger partial charge < -0.3 is 29.0 Å². The summed E-state index contributed by atoms with van der Waals surface area (Å²) in [5.74, 6) is 1.30. The summed E-state index contributed by atoms with van der Waals surface area (Å²) >= 11 is 0. The number of methoxy groups -OCH3 is 3. The van der Waals surface area contributed by atoms with Gasteiger partial charge in [0.05, 0.1) is 45.9 Å². The van der Waals surface area contributed by atoms with Crippen LogP contribution in [0.15, 0.2) is 96.4 Å². The van der Waals surface area contributed by atoms with Crippen LogP contribution < -0.4 is 14.8 Å². The number of imidazole rings is 1. The van der Waals surface area contributed by atoms with Crippen molar-refractivity contribution in [2.75, 3.05) is 39.9 Å². The maximum Gasteiger partial charge on any atom is 0.246 e. The number of hydrogen-bond donors (Lipinski definition) is 1. The number of nitrogens with zero attached hydrogens (tertiary/aromatic N) is 7. The fourth-order valence-corrected chi connectivity index (χ4v) is 6.30. The molecular formula is C35H38N8O5. The van der Waals surface area contributed by atoms with Crippen molar-refractivity contribution in [2.24, 2.45) is 5.11 Å². The SMILES string of the molecule is CC[C@H]1O[C@@H](n2cnc3c(OC)nc(NC(c4ccccc4)(c4ccccc4)c4ccc(OC)cc4)nc32)[C@H](OCCOC)[C@@H]1N=[N+]=[N-]. The molecule has 5 aromatic rings. The molecule has 3 aromatic carbocycles. The Bertz CT molecular complexity index is 1810. The molecule has 1 fully saturated rings. The van der Waals surface area contributed by atoms with E-state index < -0.39 is 23.9 Å². The zero-order valence-corrected chi connectivity index (χ0v) is 27.3. The van der Waals surface area contributed by atoms with Crippen LogP contribution in [-0.4, -0.2) is 72.3 Å². The van der Waals surface area contributed by atoms with Crippen LogP contribution in [0.5, 0.6) is 11.6 Å². The Balaban J connectivity index is 1.52. The Morgan fingerprint density at radius 3 is 2.15 bits per heavy atom. The van der Waals surface area contributed by atoms with E-state index in [1.807, 2.05) is 67.6 Å². The largest absolute Gasteiger partial charge is 0.497 e. The predicted molar refractivity (Wildman–Crippen MR) is 180 cm³/mol. The van der Waals surface area contributed by atoms with Crippen LogP contribution in [0.1, 0.15) is 36.3 Å². The van der Waals surface area contributed by atoms with Gasteiger partial charge in [-0.1, -0.05) is 84.8 Å². The number of azide groups is 1. The standard InChI is InChI=1S/C35H38N8O5/c1-5-27-28(41-42-36)30(47-21-20-44-2)33(48-27)43-22-37-29-31(43)38-34(39-32(29)46-4)40-35(23-12-8-6-9-13-23,24-14-10-7-11-15-24)25-16-18-26(45-3)19-17-25/h6-19,22,27-28,30,33H,5,20-21H2,1-4H3,(H,38,39,40)/t27-,28-,30-,33-/m1/s1. The topological polar surface area (TPSA) is 151 Å². The molecule has 248 valence electrons. The molecule has 1 aliphatic rings. The second-order valence-electron chi connectivity index (χ2n) is 11.2. The van der Waals surface area contributed by atoms with Gasteiger partial charge in [0.2, 0.25) is 11.8 Å². The molecule has 6 rings (SSSR count). The summed E-state index contributed by atoms with van der Waals surface area (Å²) < 4.78 is 31.0. The van der Waals surface area contributed by atoms with Crippen molar-refractivity contribution in [3.8, 4) is 11.6 Å². The Hall–Kier alpha value is -5.20. The van der Waals surface area contributed by atoms with E-state index in [4.69, 9.17) is 33.7 Å². The number of nitrogens with one attached hydrogen (secondary N) is 1. The van der Waals surface area contributed by atoms with Crippen LogP contribution in [0.3, 0.4) is 0 Å². The summed E-state index contributed by atoms with van der Waals surface area (Å²) in [6.07, 6.45) is 0.535. The lowest BCUT2D eigenvalue weighted by molar-refractivity contribution is -0.0694. The zero-order chi connectivity index (χ0) is 33.5. The number of anilines is 1. The molecule has 0 aliphatic carbocycles. The minimum Gasteiger partial charge on any atom is -0.497 e. The van der Waals surface area contributed by atoms with Gasteiger partial charge in [0.1, 0.15) is 17.4 Å². The molecule has 3 heterocycles. The van der Waals surface area contributed by atoms with Crippen LogP contribution in [-0.2, 0) is 19.7 Å². The van der Waals surface area contributed by atoms with Crippen molar-refractivity contribution in [3.05, 3.63) is 118 Å². The molecule has 13 nitrogen and oxygen atoms in total. The van der Waals surface area contributed by atoms with Crippen molar-refractivity contribution >= 4 is 17.1 Å². The summed E-state index contributed by atoms with van der Waals surface area (Å²) in [7, 11) is 4.79. The van der Waals surface area contributed by atoms with Gasteiger partial charge in [-0.25, -0.2) is 4.98 Å². The first kappa shape index (κ1) is 32.7. The molecule has 4 atom stereocenters. The Morgan fingerprint density at radius 1 is 0.896 bits per heavy atom. The number of fused-ring (bicyclic) bond motifs is 1. The van der Waals surface area contributed by atoms with E-state index in [-0.39, 0.29) is 24.5 Å². The summed E-state index contributed by atoms with van der Waals surface area (Å²) in [5, 5.41) is 7.78. The molecule has 48 heavy (non-hydrogen) atoms. The minimum absolute atomic E-state index is 0.277. The molecule has 1 saturated heterocycles. The number of rotatable bonds is 14. The molecule has 0 spiro atoms. The van der Waals surface area contributed by atoms with Crippen LogP contribution in [0.4, 0.5) is 5.95 Å². The smallest absolute Gasteiger partial charge is 0.246 e. The van der Waals surface area contributed by atoms with Gasteiger partial charge in [0.25, 0.3) is 0 Å². The molecule has 1 aliphatic heterocycles. The van der Waals surface area contributed by atoms with Gasteiger partial charge in [-0.05, 0) is 40.8 Å². The molecule has 1 N–H and O–H groups in total. The first-order chi connectivity index (χ1) is 23.6. The summed E-state index contributed by atoms with van der Waals surface area (Å²) in [6.45, 7) is 2.62. The average Bonchev–Trinajstić information content (AvgIpc) is 3.72. The minimum atomic E-state index is -0.937. The third-order valence-corrected chi connectivity index (χ3v) is 8.59. The van der Waals surface area contributed by atoms with E-state index in [9.17, 15) is 5.53 Å². The summed E-state index contributed by atoms with van der Waals surface area (Å²) in [6, 6.07) is 27.6. The van der Waals surface area contributed by atoms with Crippen LogP contribution in [0.2, 0.25) is 0 Å². The first-order valence-corrected chi connectivity index (χ1v) is 15.7. The van der Waals surface area contributed by atoms with E-state index in [0.717, 1.165) is 22.4 Å². The fourth-order valence-electron chi connectivity index (χ4n) is 6.30. The third kappa shape index (κ3) is 6.12. The molecule has 0 amide bonds. The monoisotopic (exact) mass is 650 g/mol. The summed E-state index contributed by atoms with van der Waals surface area (Å²) in [5.41, 5.74) is 12.2. The van der Waals surface area contributed by atoms with Gasteiger partial charge in [0, 0.05) is 12.0 Å². The van der Waals surface area contributed by atoms with E-state index in [2.05, 4.69) is 44.6 Å². The lowest BCUT2D eigenvalue weighted by Gasteiger charge is -2.37. The number of hydrogen-bond acceptors (Lipinski definition) is 10. The molecule has 0 unspecified atom stereocenters. The van der Waals surface area contributed by atoms with Gasteiger partial charge >= 0.3 is 0 Å². The van der Waals surface area contributed by atoms with Crippen LogP contribution >= 0.6 is 0 Å². The lowest BCUT2D eigenvalue weighted by atomic mass is 9.77. The molecule has 0 radical (unpaired) electrons. The Labute approximate surface area is 278 Å². The van der Waals surface area contributed by atoms with Crippen molar-refractivity contribution in [1.29, 1.82) is 0 Å². The number of ether oxygens (including phenoxy) is 5. The van der Waals surface area contributed by atoms with Gasteiger partial charge in [0.15, 0.2) is 17.4 Å². The van der Waals surface area contributed by atoms with E-state index >= 15 is 0 Å². The summed E-state index contributed by atoms with van der Waals surface area (Å²) in [4.78, 5) is 17.6. The molecule has 0 bridgehead atoms. The van der Waals surface area contributed by atoms with Crippen LogP contribution in [0, 0.1) is 0 Å². The molecule has 2 aromatic heterocycles. The van der Waals surface area contributed by atoms with Crippen molar-refractivity contribution in [3.63, 3.8) is 0 Å². The maximum atomic E-state index is 9.39. The van der Waals surface area contributed by atoms with E-state index in [1.165, 1.54) is 0 Å². The third-order valence-electron chi connectivity index (χ3n) is 8.59. The molecular weight excluding hydrogens is 612 g/mol. The highest BCUT2D eigenvalue weighted by Crippen LogP contribution is 2.42. The maximum absolute atomic E-state index is 9.39. The quantitative estimate of drug-likeness (QED) is 0.0482. The number of aromatic nitrogens is 4. The lowest BCUT2D eigenvalue weighted by Crippen LogP contribution is -2.39. The normalized spacial score (nSPS) is 19.2. The van der Waals surface area contributed by atoms with Gasteiger partial charge in [-0.2, -0.15) is 9.97 Å². The Kier molecular flexibility index (Phi) is 10.0. The zero-order valence-electron chi connectivity index (χ0n) is 27.3. The highest BCUT2D eigenvalue weighted by atomic mass is 16.6. The molecule has 13 heteroatoms. The predicted octanol–water partition coefficient (Wildman–Crippen LogP) is 6.27. The van der Waals surface area contributed by atoms with Gasteiger partial charge in [-0.3, -0.25) is 4.57 Å². The fraction of sp³-hybridized carbons (Fsp3) is 0.343. The highest BCUT2D eigenvalue weighted by molar-refractivity contribution is 5.78. The second-order valence-corrected chi connectivity index (χ2v) is 11.2. The van der Waals surface area contributed by atoms with Gasteiger partial charge in [-0.15, -0.1) is 0 Å². The highest BCUT2D eigenvalue weighted by Gasteiger charge is 2.46. The molecule has 0 saturated carbocycles. The Morgan fingerprint density at radius 2 is 1.56 bits per heavy atom. The van der Waals surface area contributed by atoms with E-state index in [0.29, 0.717) is 24.2 Å². The van der Waals surface area contributed by atoms with Crippen molar-refractivity contribution in [2.45, 2.75) is 43.4 Å².